The second kappa shape index (κ2) is 12.4. The van der Waals surface area contributed by atoms with Crippen molar-refractivity contribution in [1.82, 2.24) is 10.2 Å². The van der Waals surface area contributed by atoms with Gasteiger partial charge in [-0.15, -0.1) is 0 Å². The third-order valence-electron chi connectivity index (χ3n) is 6.87. The number of benzene rings is 2. The standard InChI is InChI=1S/C27H36N4O6S/c1-5-24(27(33)28-22-11-6-7-12-22)29(17-21-10-8-9-19(2)15-21)26(32)18-30(38(4,36)37)25-16-23(31(34)35)14-13-20(25)3/h8-10,13-16,22,24H,5-7,11-12,17-18H2,1-4H3,(H,28,33). The van der Waals surface area contributed by atoms with Crippen LogP contribution in [0.2, 0.25) is 0 Å². The molecule has 0 spiro atoms. The van der Waals surface area contributed by atoms with Gasteiger partial charge in [0.05, 0.1) is 16.9 Å². The van der Waals surface area contributed by atoms with E-state index in [9.17, 15) is 28.1 Å². The summed E-state index contributed by atoms with van der Waals surface area (Å²) in [6, 6.07) is 10.7. The zero-order valence-corrected chi connectivity index (χ0v) is 23.2. The minimum absolute atomic E-state index is 0.0500. The number of hydrogen-bond acceptors (Lipinski definition) is 6. The minimum Gasteiger partial charge on any atom is -0.352 e. The lowest BCUT2D eigenvalue weighted by atomic mass is 10.1. The molecule has 3 rings (SSSR count). The molecular formula is C27H36N4O6S. The molecule has 1 aliphatic rings. The number of nitrogens with zero attached hydrogens (tertiary/aromatic N) is 3. The first-order chi connectivity index (χ1) is 17.9. The van der Waals surface area contributed by atoms with Gasteiger partial charge in [-0.1, -0.05) is 55.7 Å². The fraction of sp³-hybridized carbons (Fsp3) is 0.481. The van der Waals surface area contributed by atoms with E-state index in [4.69, 9.17) is 0 Å². The normalized spacial score (nSPS) is 14.6. The van der Waals surface area contributed by atoms with E-state index in [2.05, 4.69) is 5.32 Å². The molecule has 11 heteroatoms. The van der Waals surface area contributed by atoms with E-state index < -0.39 is 33.4 Å². The number of nitro groups is 1. The number of nitro benzene ring substituents is 1. The van der Waals surface area contributed by atoms with E-state index in [0.717, 1.165) is 53.4 Å². The van der Waals surface area contributed by atoms with Crippen molar-refractivity contribution in [2.75, 3.05) is 17.1 Å². The van der Waals surface area contributed by atoms with Gasteiger partial charge in [0, 0.05) is 24.7 Å². The topological polar surface area (TPSA) is 130 Å². The molecule has 10 nitrogen and oxygen atoms in total. The Hall–Kier alpha value is -3.47. The van der Waals surface area contributed by atoms with Gasteiger partial charge in [-0.05, 0) is 44.2 Å². The summed E-state index contributed by atoms with van der Waals surface area (Å²) in [5.74, 6) is -0.839. The largest absolute Gasteiger partial charge is 0.352 e. The van der Waals surface area contributed by atoms with Gasteiger partial charge in [-0.2, -0.15) is 0 Å². The molecule has 0 bridgehead atoms. The molecule has 1 saturated carbocycles. The van der Waals surface area contributed by atoms with Crippen LogP contribution in [0.3, 0.4) is 0 Å². The first-order valence-corrected chi connectivity index (χ1v) is 14.6. The van der Waals surface area contributed by atoms with E-state index >= 15 is 0 Å². The molecule has 206 valence electrons. The van der Waals surface area contributed by atoms with Crippen molar-refractivity contribution in [1.29, 1.82) is 0 Å². The van der Waals surface area contributed by atoms with Gasteiger partial charge in [0.2, 0.25) is 21.8 Å². The fourth-order valence-electron chi connectivity index (χ4n) is 4.87. The monoisotopic (exact) mass is 544 g/mol. The number of carbonyl (C=O) groups is 2. The maximum absolute atomic E-state index is 13.8. The summed E-state index contributed by atoms with van der Waals surface area (Å²) < 4.78 is 26.5. The Morgan fingerprint density at radius 1 is 1.13 bits per heavy atom. The van der Waals surface area contributed by atoms with E-state index in [0.29, 0.717) is 12.0 Å². The number of non-ortho nitro benzene ring substituents is 1. The van der Waals surface area contributed by atoms with Gasteiger partial charge in [0.15, 0.2) is 0 Å². The Kier molecular flexibility index (Phi) is 9.48. The van der Waals surface area contributed by atoms with Gasteiger partial charge >= 0.3 is 0 Å². The van der Waals surface area contributed by atoms with Crippen LogP contribution in [0.15, 0.2) is 42.5 Å². The van der Waals surface area contributed by atoms with Crippen molar-refractivity contribution in [3.63, 3.8) is 0 Å². The first kappa shape index (κ1) is 29.1. The maximum atomic E-state index is 13.8. The first-order valence-electron chi connectivity index (χ1n) is 12.8. The third-order valence-corrected chi connectivity index (χ3v) is 8.00. The van der Waals surface area contributed by atoms with Crippen LogP contribution in [-0.2, 0) is 26.2 Å². The van der Waals surface area contributed by atoms with Gasteiger partial charge in [0.1, 0.15) is 12.6 Å². The number of carbonyl (C=O) groups excluding carboxylic acids is 2. The lowest BCUT2D eigenvalue weighted by Crippen LogP contribution is -2.53. The average Bonchev–Trinajstić information content (AvgIpc) is 3.35. The summed E-state index contributed by atoms with van der Waals surface area (Å²) >= 11 is 0. The van der Waals surface area contributed by atoms with E-state index in [1.165, 1.54) is 17.0 Å². The SMILES string of the molecule is CCC(C(=O)NC1CCCC1)N(Cc1cccc(C)c1)C(=O)CN(c1cc([N+](=O)[O-])ccc1C)S(C)(=O)=O. The molecule has 1 atom stereocenters. The predicted molar refractivity (Wildman–Crippen MR) is 146 cm³/mol. The number of rotatable bonds is 11. The summed E-state index contributed by atoms with van der Waals surface area (Å²) in [6.07, 6.45) is 5.15. The molecule has 1 fully saturated rings. The highest BCUT2D eigenvalue weighted by atomic mass is 32.2. The number of aryl methyl sites for hydroxylation is 2. The molecule has 1 aliphatic carbocycles. The molecule has 0 aromatic heterocycles. The van der Waals surface area contributed by atoms with Crippen molar-refractivity contribution in [3.05, 3.63) is 69.3 Å². The van der Waals surface area contributed by atoms with Gasteiger partial charge < -0.3 is 10.2 Å². The molecule has 2 aromatic carbocycles. The Bertz CT molecular complexity index is 1290. The van der Waals surface area contributed by atoms with Gasteiger partial charge in [-0.25, -0.2) is 8.42 Å². The summed E-state index contributed by atoms with van der Waals surface area (Å²) in [7, 11) is -4.00. The van der Waals surface area contributed by atoms with Crippen LogP contribution >= 0.6 is 0 Å². The molecule has 2 amide bonds. The average molecular weight is 545 g/mol. The number of hydrogen-bond donors (Lipinski definition) is 1. The Balaban J connectivity index is 1.98. The lowest BCUT2D eigenvalue weighted by Gasteiger charge is -2.33. The molecule has 1 N–H and O–H groups in total. The molecule has 0 heterocycles. The van der Waals surface area contributed by atoms with Crippen molar-refractivity contribution in [2.45, 2.75) is 71.5 Å². The molecule has 0 saturated heterocycles. The van der Waals surface area contributed by atoms with Gasteiger partial charge in [0.25, 0.3) is 5.69 Å². The maximum Gasteiger partial charge on any atom is 0.271 e. The second-order valence-corrected chi connectivity index (χ2v) is 11.8. The zero-order valence-electron chi connectivity index (χ0n) is 22.3. The highest BCUT2D eigenvalue weighted by Crippen LogP contribution is 2.28. The molecule has 0 aliphatic heterocycles. The second-order valence-electron chi connectivity index (χ2n) is 9.92. The Labute approximate surface area is 224 Å². The van der Waals surface area contributed by atoms with Gasteiger partial charge in [-0.3, -0.25) is 24.0 Å². The molecule has 38 heavy (non-hydrogen) atoms. The number of amides is 2. The van der Waals surface area contributed by atoms with E-state index in [-0.39, 0.29) is 29.9 Å². The zero-order chi connectivity index (χ0) is 28.0. The summed E-state index contributed by atoms with van der Waals surface area (Å²) in [4.78, 5) is 39.4. The highest BCUT2D eigenvalue weighted by Gasteiger charge is 2.33. The van der Waals surface area contributed by atoms with Crippen LogP contribution in [-0.4, -0.2) is 54.9 Å². The smallest absolute Gasteiger partial charge is 0.271 e. The number of nitrogens with one attached hydrogen (secondary N) is 1. The summed E-state index contributed by atoms with van der Waals surface area (Å²) in [6.45, 7) is 4.88. The van der Waals surface area contributed by atoms with Crippen LogP contribution in [0.25, 0.3) is 0 Å². The van der Waals surface area contributed by atoms with Crippen molar-refractivity contribution >= 4 is 33.2 Å². The van der Waals surface area contributed by atoms with E-state index in [1.54, 1.807) is 6.92 Å². The Morgan fingerprint density at radius 2 is 1.82 bits per heavy atom. The highest BCUT2D eigenvalue weighted by molar-refractivity contribution is 7.92. The van der Waals surface area contributed by atoms with Crippen LogP contribution in [0.1, 0.15) is 55.7 Å². The Morgan fingerprint density at radius 3 is 2.39 bits per heavy atom. The van der Waals surface area contributed by atoms with E-state index in [1.807, 2.05) is 38.1 Å². The van der Waals surface area contributed by atoms with Crippen molar-refractivity contribution < 1.29 is 22.9 Å². The summed E-state index contributed by atoms with van der Waals surface area (Å²) in [5, 5.41) is 14.4. The molecule has 0 radical (unpaired) electrons. The van der Waals surface area contributed by atoms with Crippen LogP contribution in [0.5, 0.6) is 0 Å². The third kappa shape index (κ3) is 7.31. The lowest BCUT2D eigenvalue weighted by molar-refractivity contribution is -0.384. The number of sulfonamides is 1. The fourth-order valence-corrected chi connectivity index (χ4v) is 5.77. The molecule has 2 aromatic rings. The van der Waals surface area contributed by atoms with Crippen LogP contribution in [0, 0.1) is 24.0 Å². The predicted octanol–water partition coefficient (Wildman–Crippen LogP) is 3.84. The molecular weight excluding hydrogens is 508 g/mol. The van der Waals surface area contributed by atoms with Crippen molar-refractivity contribution in [3.8, 4) is 0 Å². The van der Waals surface area contributed by atoms with Crippen molar-refractivity contribution in [2.24, 2.45) is 0 Å². The minimum atomic E-state index is -4.00. The molecule has 1 unspecified atom stereocenters. The van der Waals surface area contributed by atoms with Crippen LogP contribution in [0.4, 0.5) is 11.4 Å². The van der Waals surface area contributed by atoms with Crippen LogP contribution < -0.4 is 9.62 Å². The summed E-state index contributed by atoms with van der Waals surface area (Å²) in [5.41, 5.74) is 2.02. The quantitative estimate of drug-likeness (QED) is 0.338. The number of anilines is 1.